The summed E-state index contributed by atoms with van der Waals surface area (Å²) >= 11 is 0. The first kappa shape index (κ1) is 21.2. The maximum atomic E-state index is 13.1. The SMILES string of the molecule is O=C(CN1CCC[C@H]2CCCC[C@H]21)N1CCC(c2cc(=O)n3c(n2)CCCCC3)CC1. The minimum absolute atomic E-state index is 0.118. The fourth-order valence-electron chi connectivity index (χ4n) is 6.56. The van der Waals surface area contributed by atoms with Gasteiger partial charge in [-0.05, 0) is 63.8 Å². The molecular formula is C25H38N4O2. The van der Waals surface area contributed by atoms with Gasteiger partial charge in [0, 0.05) is 44.1 Å². The molecule has 0 unspecified atom stereocenters. The monoisotopic (exact) mass is 426 g/mol. The van der Waals surface area contributed by atoms with E-state index in [1.165, 1.54) is 44.9 Å². The third-order valence-electron chi connectivity index (χ3n) is 8.35. The molecule has 1 aromatic heterocycles. The first-order valence-electron chi connectivity index (χ1n) is 12.8. The van der Waals surface area contributed by atoms with Crippen LogP contribution in [0.5, 0.6) is 0 Å². The van der Waals surface area contributed by atoms with Crippen LogP contribution in [0, 0.1) is 5.92 Å². The summed E-state index contributed by atoms with van der Waals surface area (Å²) in [4.78, 5) is 35.2. The molecule has 0 spiro atoms. The lowest BCUT2D eigenvalue weighted by Gasteiger charge is -2.44. The summed E-state index contributed by atoms with van der Waals surface area (Å²) in [7, 11) is 0. The van der Waals surface area contributed by atoms with E-state index in [4.69, 9.17) is 4.98 Å². The molecule has 6 heteroatoms. The van der Waals surface area contributed by atoms with Gasteiger partial charge in [0.15, 0.2) is 0 Å². The smallest absolute Gasteiger partial charge is 0.253 e. The van der Waals surface area contributed by atoms with Crippen molar-refractivity contribution in [3.05, 3.63) is 27.9 Å². The number of carbonyl (C=O) groups excluding carboxylic acids is 1. The van der Waals surface area contributed by atoms with Crippen LogP contribution in [0.25, 0.3) is 0 Å². The van der Waals surface area contributed by atoms with Crippen LogP contribution >= 0.6 is 0 Å². The standard InChI is InChI=1S/C25H38N4O2/c30-24-17-21(26-23-10-2-1-5-14-29(23)24)19-11-15-27(16-12-19)25(31)18-28-13-6-8-20-7-3-4-9-22(20)28/h17,19-20,22H,1-16,18H2/t20-,22-/m1/s1. The summed E-state index contributed by atoms with van der Waals surface area (Å²) < 4.78 is 1.88. The van der Waals surface area contributed by atoms with Crippen molar-refractivity contribution in [3.8, 4) is 0 Å². The maximum Gasteiger partial charge on any atom is 0.253 e. The Morgan fingerprint density at radius 2 is 1.71 bits per heavy atom. The molecule has 1 saturated carbocycles. The highest BCUT2D eigenvalue weighted by atomic mass is 16.2. The molecule has 3 fully saturated rings. The number of carbonyl (C=O) groups is 1. The number of nitrogens with zero attached hydrogens (tertiary/aromatic N) is 4. The summed E-state index contributed by atoms with van der Waals surface area (Å²) in [6, 6.07) is 2.41. The molecule has 0 N–H and O–H groups in total. The molecule has 6 nitrogen and oxygen atoms in total. The van der Waals surface area contributed by atoms with Crippen molar-refractivity contribution in [1.82, 2.24) is 19.4 Å². The lowest BCUT2D eigenvalue weighted by molar-refractivity contribution is -0.135. The molecule has 31 heavy (non-hydrogen) atoms. The van der Waals surface area contributed by atoms with Gasteiger partial charge in [0.2, 0.25) is 5.91 Å². The fraction of sp³-hybridized carbons (Fsp3) is 0.800. The predicted octanol–water partition coefficient (Wildman–Crippen LogP) is 3.33. The van der Waals surface area contributed by atoms with Crippen LogP contribution in [-0.4, -0.2) is 57.5 Å². The third kappa shape index (κ3) is 4.59. The molecule has 4 heterocycles. The van der Waals surface area contributed by atoms with Gasteiger partial charge < -0.3 is 4.90 Å². The van der Waals surface area contributed by atoms with Gasteiger partial charge in [-0.2, -0.15) is 0 Å². The highest BCUT2D eigenvalue weighted by Gasteiger charge is 2.35. The molecular weight excluding hydrogens is 388 g/mol. The number of piperidine rings is 2. The topological polar surface area (TPSA) is 58.4 Å². The van der Waals surface area contributed by atoms with Gasteiger partial charge in [-0.1, -0.05) is 19.3 Å². The van der Waals surface area contributed by atoms with Crippen LogP contribution in [-0.2, 0) is 17.8 Å². The molecule has 0 radical (unpaired) electrons. The Morgan fingerprint density at radius 3 is 2.58 bits per heavy atom. The number of hydrogen-bond donors (Lipinski definition) is 0. The molecule has 2 saturated heterocycles. The number of likely N-dealkylation sites (tertiary alicyclic amines) is 2. The van der Waals surface area contributed by atoms with Gasteiger partial charge in [0.25, 0.3) is 5.56 Å². The average molecular weight is 427 g/mol. The van der Waals surface area contributed by atoms with Gasteiger partial charge in [-0.25, -0.2) is 4.98 Å². The molecule has 4 aliphatic rings. The highest BCUT2D eigenvalue weighted by Crippen LogP contribution is 2.35. The van der Waals surface area contributed by atoms with Crippen molar-refractivity contribution in [2.75, 3.05) is 26.2 Å². The van der Waals surface area contributed by atoms with Crippen LogP contribution in [0.3, 0.4) is 0 Å². The van der Waals surface area contributed by atoms with Crippen molar-refractivity contribution < 1.29 is 4.79 Å². The molecule has 170 valence electrons. The molecule has 1 aromatic rings. The Morgan fingerprint density at radius 1 is 0.903 bits per heavy atom. The van der Waals surface area contributed by atoms with Crippen LogP contribution in [0.4, 0.5) is 0 Å². The van der Waals surface area contributed by atoms with Crippen LogP contribution in [0.1, 0.15) is 88.1 Å². The van der Waals surface area contributed by atoms with E-state index in [2.05, 4.69) is 9.80 Å². The molecule has 3 aliphatic heterocycles. The lowest BCUT2D eigenvalue weighted by Crippen LogP contribution is -2.52. The fourth-order valence-corrected chi connectivity index (χ4v) is 6.56. The maximum absolute atomic E-state index is 13.1. The number of aromatic nitrogens is 2. The van der Waals surface area contributed by atoms with E-state index in [0.29, 0.717) is 24.4 Å². The van der Waals surface area contributed by atoms with E-state index in [0.717, 1.165) is 75.7 Å². The Bertz CT molecular complexity index is 840. The Hall–Kier alpha value is -1.69. The van der Waals surface area contributed by atoms with Crippen LogP contribution in [0.15, 0.2) is 10.9 Å². The van der Waals surface area contributed by atoms with E-state index in [-0.39, 0.29) is 5.56 Å². The zero-order valence-electron chi connectivity index (χ0n) is 18.9. The second kappa shape index (κ2) is 9.43. The molecule has 1 aliphatic carbocycles. The third-order valence-corrected chi connectivity index (χ3v) is 8.35. The Labute approximate surface area is 186 Å². The quantitative estimate of drug-likeness (QED) is 0.744. The van der Waals surface area contributed by atoms with Gasteiger partial charge in [0.05, 0.1) is 12.2 Å². The summed E-state index contributed by atoms with van der Waals surface area (Å²) in [5, 5.41) is 0. The van der Waals surface area contributed by atoms with Crippen molar-refractivity contribution >= 4 is 5.91 Å². The summed E-state index contributed by atoms with van der Waals surface area (Å²) in [6.07, 6.45) is 14.1. The highest BCUT2D eigenvalue weighted by molar-refractivity contribution is 5.78. The largest absolute Gasteiger partial charge is 0.342 e. The number of fused-ring (bicyclic) bond motifs is 2. The van der Waals surface area contributed by atoms with E-state index in [9.17, 15) is 9.59 Å². The molecule has 2 atom stereocenters. The summed E-state index contributed by atoms with van der Waals surface area (Å²) in [5.74, 6) is 2.41. The van der Waals surface area contributed by atoms with Crippen molar-refractivity contribution in [2.45, 2.75) is 95.6 Å². The molecule has 1 amide bonds. The first-order chi connectivity index (χ1) is 15.2. The van der Waals surface area contributed by atoms with Crippen molar-refractivity contribution in [2.24, 2.45) is 5.92 Å². The van der Waals surface area contributed by atoms with E-state index >= 15 is 0 Å². The van der Waals surface area contributed by atoms with E-state index in [1.54, 1.807) is 6.07 Å². The molecule has 5 rings (SSSR count). The number of rotatable bonds is 3. The number of hydrogen-bond acceptors (Lipinski definition) is 4. The average Bonchev–Trinajstić information content (AvgIpc) is 3.05. The zero-order chi connectivity index (χ0) is 21.2. The zero-order valence-corrected chi connectivity index (χ0v) is 18.9. The minimum Gasteiger partial charge on any atom is -0.342 e. The first-order valence-corrected chi connectivity index (χ1v) is 12.8. The number of amides is 1. The van der Waals surface area contributed by atoms with Gasteiger partial charge in [-0.3, -0.25) is 19.1 Å². The molecule has 0 aromatic carbocycles. The van der Waals surface area contributed by atoms with Gasteiger partial charge in [-0.15, -0.1) is 0 Å². The second-order valence-electron chi connectivity index (χ2n) is 10.3. The van der Waals surface area contributed by atoms with Crippen molar-refractivity contribution in [3.63, 3.8) is 0 Å². The summed E-state index contributed by atoms with van der Waals surface area (Å²) in [6.45, 7) is 4.10. The van der Waals surface area contributed by atoms with Gasteiger partial charge in [0.1, 0.15) is 5.82 Å². The van der Waals surface area contributed by atoms with E-state index in [1.807, 2.05) is 4.57 Å². The second-order valence-corrected chi connectivity index (χ2v) is 10.3. The summed E-state index contributed by atoms with van der Waals surface area (Å²) in [5.41, 5.74) is 1.08. The van der Waals surface area contributed by atoms with Gasteiger partial charge >= 0.3 is 0 Å². The van der Waals surface area contributed by atoms with E-state index < -0.39 is 0 Å². The Kier molecular flexibility index (Phi) is 6.44. The predicted molar refractivity (Wildman–Crippen MR) is 121 cm³/mol. The molecule has 0 bridgehead atoms. The minimum atomic E-state index is 0.118. The van der Waals surface area contributed by atoms with Crippen LogP contribution in [0.2, 0.25) is 0 Å². The lowest BCUT2D eigenvalue weighted by atomic mass is 9.78. The Balaban J connectivity index is 1.19. The van der Waals surface area contributed by atoms with Crippen LogP contribution < -0.4 is 5.56 Å². The van der Waals surface area contributed by atoms with Crippen molar-refractivity contribution in [1.29, 1.82) is 0 Å². The normalized spacial score (nSPS) is 27.9. The number of aryl methyl sites for hydroxylation is 1.